The highest BCUT2D eigenvalue weighted by atomic mass is 79.9. The third-order valence-corrected chi connectivity index (χ3v) is 3.57. The van der Waals surface area contributed by atoms with Crippen LogP contribution >= 0.6 is 27.3 Å². The molecule has 0 fully saturated rings. The van der Waals surface area contributed by atoms with Crippen LogP contribution in [0.25, 0.3) is 10.6 Å². The molecule has 2 rings (SSSR count). The number of carboxylic acids is 1. The van der Waals surface area contributed by atoms with Crippen LogP contribution in [0.2, 0.25) is 0 Å². The van der Waals surface area contributed by atoms with Crippen molar-refractivity contribution in [3.05, 3.63) is 38.2 Å². The van der Waals surface area contributed by atoms with Crippen LogP contribution in [0.15, 0.2) is 26.9 Å². The average Bonchev–Trinajstić information content (AvgIpc) is 2.64. The molecular formula is C9H5BrN2O3S. The fraction of sp³-hybridized carbons (Fsp3) is 0. The summed E-state index contributed by atoms with van der Waals surface area (Å²) >= 11 is 4.60. The van der Waals surface area contributed by atoms with Gasteiger partial charge in [-0.2, -0.15) is 0 Å². The molecule has 82 valence electrons. The van der Waals surface area contributed by atoms with Crippen molar-refractivity contribution in [1.29, 1.82) is 0 Å². The van der Waals surface area contributed by atoms with Gasteiger partial charge in [-0.05, 0) is 22.0 Å². The second kappa shape index (κ2) is 4.18. The molecule has 0 bridgehead atoms. The second-order valence-electron chi connectivity index (χ2n) is 2.91. The van der Waals surface area contributed by atoms with Crippen molar-refractivity contribution in [2.75, 3.05) is 0 Å². The summed E-state index contributed by atoms with van der Waals surface area (Å²) in [7, 11) is 0. The predicted molar refractivity (Wildman–Crippen MR) is 62.8 cm³/mol. The largest absolute Gasteiger partial charge is 0.478 e. The zero-order valence-corrected chi connectivity index (χ0v) is 10.1. The van der Waals surface area contributed by atoms with Crippen LogP contribution < -0.4 is 5.69 Å². The minimum atomic E-state index is -1.12. The van der Waals surface area contributed by atoms with Crippen LogP contribution in [0.1, 0.15) is 10.4 Å². The van der Waals surface area contributed by atoms with Crippen LogP contribution in [0.4, 0.5) is 0 Å². The molecule has 5 nitrogen and oxygen atoms in total. The zero-order chi connectivity index (χ0) is 11.7. The molecule has 0 radical (unpaired) electrons. The molecule has 0 saturated carbocycles. The van der Waals surface area contributed by atoms with E-state index >= 15 is 0 Å². The topological polar surface area (TPSA) is 83.0 Å². The van der Waals surface area contributed by atoms with Gasteiger partial charge in [0.1, 0.15) is 5.56 Å². The number of aromatic nitrogens is 2. The predicted octanol–water partition coefficient (Wildman–Crippen LogP) is 1.96. The van der Waals surface area contributed by atoms with Crippen LogP contribution in [-0.4, -0.2) is 21.0 Å². The summed E-state index contributed by atoms with van der Waals surface area (Å²) in [4.78, 5) is 28.5. The molecule has 0 aliphatic rings. The maximum absolute atomic E-state index is 11.1. The zero-order valence-electron chi connectivity index (χ0n) is 7.73. The molecule has 7 heteroatoms. The SMILES string of the molecule is O=C(O)c1cnc(=O)[nH]c1-c1cc(Br)cs1. The first-order valence-electron chi connectivity index (χ1n) is 4.15. The Kier molecular flexibility index (Phi) is 2.88. The first kappa shape index (κ1) is 11.0. The van der Waals surface area contributed by atoms with Crippen molar-refractivity contribution in [2.45, 2.75) is 0 Å². The number of hydrogen-bond donors (Lipinski definition) is 2. The van der Waals surface area contributed by atoms with Gasteiger partial charge in [-0.15, -0.1) is 11.3 Å². The van der Waals surface area contributed by atoms with Crippen molar-refractivity contribution in [3.63, 3.8) is 0 Å². The van der Waals surface area contributed by atoms with E-state index in [0.29, 0.717) is 4.88 Å². The quantitative estimate of drug-likeness (QED) is 0.888. The smallest absolute Gasteiger partial charge is 0.345 e. The van der Waals surface area contributed by atoms with Gasteiger partial charge in [-0.25, -0.2) is 14.6 Å². The summed E-state index contributed by atoms with van der Waals surface area (Å²) in [6.07, 6.45) is 1.06. The molecule has 0 aliphatic carbocycles. The Balaban J connectivity index is 2.67. The number of aromatic carboxylic acids is 1. The Morgan fingerprint density at radius 1 is 1.56 bits per heavy atom. The number of nitrogens with one attached hydrogen (secondary N) is 1. The molecule has 16 heavy (non-hydrogen) atoms. The molecule has 2 heterocycles. The lowest BCUT2D eigenvalue weighted by Crippen LogP contribution is -2.14. The third kappa shape index (κ3) is 2.05. The van der Waals surface area contributed by atoms with Gasteiger partial charge in [0.25, 0.3) is 0 Å². The van der Waals surface area contributed by atoms with E-state index in [4.69, 9.17) is 5.11 Å². The number of H-pyrrole nitrogens is 1. The summed E-state index contributed by atoms with van der Waals surface area (Å²) in [6, 6.07) is 1.74. The molecule has 0 spiro atoms. The normalized spacial score (nSPS) is 10.3. The summed E-state index contributed by atoms with van der Waals surface area (Å²) in [5.74, 6) is -1.12. The number of halogens is 1. The summed E-state index contributed by atoms with van der Waals surface area (Å²) < 4.78 is 0.835. The van der Waals surface area contributed by atoms with Gasteiger partial charge in [0.05, 0.1) is 10.6 Å². The van der Waals surface area contributed by atoms with E-state index in [-0.39, 0.29) is 11.3 Å². The lowest BCUT2D eigenvalue weighted by Gasteiger charge is -2.01. The fourth-order valence-corrected chi connectivity index (χ4v) is 2.64. The van der Waals surface area contributed by atoms with E-state index in [1.165, 1.54) is 11.3 Å². The van der Waals surface area contributed by atoms with Crippen molar-refractivity contribution in [2.24, 2.45) is 0 Å². The maximum atomic E-state index is 11.1. The minimum Gasteiger partial charge on any atom is -0.478 e. The first-order chi connectivity index (χ1) is 7.58. The van der Waals surface area contributed by atoms with Crippen molar-refractivity contribution in [1.82, 2.24) is 9.97 Å². The first-order valence-corrected chi connectivity index (χ1v) is 5.82. The maximum Gasteiger partial charge on any atom is 0.345 e. The Labute approximate surface area is 102 Å². The highest BCUT2D eigenvalue weighted by molar-refractivity contribution is 9.10. The molecule has 2 aromatic rings. The lowest BCUT2D eigenvalue weighted by molar-refractivity contribution is 0.0697. The summed E-state index contributed by atoms with van der Waals surface area (Å²) in [6.45, 7) is 0. The summed E-state index contributed by atoms with van der Waals surface area (Å²) in [5, 5.41) is 10.8. The molecule has 0 unspecified atom stereocenters. The minimum absolute atomic E-state index is 0.0195. The molecular weight excluding hydrogens is 296 g/mol. The highest BCUT2D eigenvalue weighted by Crippen LogP contribution is 2.29. The molecule has 0 atom stereocenters. The van der Waals surface area contributed by atoms with Gasteiger partial charge >= 0.3 is 11.7 Å². The van der Waals surface area contributed by atoms with Gasteiger partial charge in [0.15, 0.2) is 0 Å². The van der Waals surface area contributed by atoms with Crippen molar-refractivity contribution >= 4 is 33.2 Å². The van der Waals surface area contributed by atoms with Crippen LogP contribution in [0, 0.1) is 0 Å². The van der Waals surface area contributed by atoms with E-state index in [2.05, 4.69) is 25.9 Å². The van der Waals surface area contributed by atoms with Crippen LogP contribution in [-0.2, 0) is 0 Å². The Bertz CT molecular complexity index is 605. The number of aromatic amines is 1. The molecule has 0 saturated heterocycles. The van der Waals surface area contributed by atoms with Gasteiger partial charge in [-0.1, -0.05) is 0 Å². The number of hydrogen-bond acceptors (Lipinski definition) is 4. The number of thiophene rings is 1. The number of rotatable bonds is 2. The fourth-order valence-electron chi connectivity index (χ4n) is 1.19. The number of nitrogens with zero attached hydrogens (tertiary/aromatic N) is 1. The monoisotopic (exact) mass is 300 g/mol. The lowest BCUT2D eigenvalue weighted by atomic mass is 10.2. The Morgan fingerprint density at radius 3 is 2.88 bits per heavy atom. The van der Waals surface area contributed by atoms with E-state index in [1.807, 2.05) is 0 Å². The molecule has 2 N–H and O–H groups in total. The second-order valence-corrected chi connectivity index (χ2v) is 4.74. The summed E-state index contributed by atoms with van der Waals surface area (Å²) in [5.41, 5.74) is -0.304. The third-order valence-electron chi connectivity index (χ3n) is 1.86. The number of carbonyl (C=O) groups is 1. The van der Waals surface area contributed by atoms with Crippen molar-refractivity contribution < 1.29 is 9.90 Å². The molecule has 0 aliphatic heterocycles. The van der Waals surface area contributed by atoms with Crippen molar-refractivity contribution in [3.8, 4) is 10.6 Å². The molecule has 0 aromatic carbocycles. The van der Waals surface area contributed by atoms with E-state index in [9.17, 15) is 9.59 Å². The average molecular weight is 301 g/mol. The van der Waals surface area contributed by atoms with Gasteiger partial charge in [0.2, 0.25) is 0 Å². The van der Waals surface area contributed by atoms with Gasteiger partial charge in [-0.3, -0.25) is 0 Å². The van der Waals surface area contributed by atoms with E-state index in [0.717, 1.165) is 10.7 Å². The standard InChI is InChI=1S/C9H5BrN2O3S/c10-4-1-6(16-3-4)7-5(8(13)14)2-11-9(15)12-7/h1-3H,(H,13,14)(H,11,12,15). The van der Waals surface area contributed by atoms with Gasteiger partial charge in [0, 0.05) is 16.0 Å². The Hall–Kier alpha value is -1.47. The molecule has 2 aromatic heterocycles. The van der Waals surface area contributed by atoms with E-state index in [1.54, 1.807) is 11.4 Å². The van der Waals surface area contributed by atoms with Gasteiger partial charge < -0.3 is 10.1 Å². The number of carboxylic acid groups (broad SMARTS) is 1. The Morgan fingerprint density at radius 2 is 2.31 bits per heavy atom. The van der Waals surface area contributed by atoms with Crippen LogP contribution in [0.3, 0.4) is 0 Å². The van der Waals surface area contributed by atoms with Crippen LogP contribution in [0.5, 0.6) is 0 Å². The van der Waals surface area contributed by atoms with E-state index < -0.39 is 11.7 Å². The molecule has 0 amide bonds. The highest BCUT2D eigenvalue weighted by Gasteiger charge is 2.14.